The van der Waals surface area contributed by atoms with Crippen LogP contribution in [0.2, 0.25) is 0 Å². The topological polar surface area (TPSA) is 77.1 Å². The van der Waals surface area contributed by atoms with Crippen LogP contribution in [-0.2, 0) is 4.79 Å². The number of carbonyl (C=O) groups is 2. The van der Waals surface area contributed by atoms with Crippen LogP contribution >= 0.6 is 0 Å². The zero-order valence-corrected chi connectivity index (χ0v) is 26.1. The van der Waals surface area contributed by atoms with E-state index in [-0.39, 0.29) is 30.1 Å². The third kappa shape index (κ3) is 5.78. The number of allylic oxidation sites excluding steroid dienone is 1. The van der Waals surface area contributed by atoms with E-state index >= 15 is 0 Å². The van der Waals surface area contributed by atoms with E-state index in [1.165, 1.54) is 0 Å². The molecule has 1 aliphatic heterocycles. The van der Waals surface area contributed by atoms with Crippen molar-refractivity contribution < 1.29 is 23.8 Å². The first-order chi connectivity index (χ1) is 21.9. The molecular formula is C38H38N2O5. The van der Waals surface area contributed by atoms with E-state index in [0.717, 1.165) is 28.9 Å². The van der Waals surface area contributed by atoms with Gasteiger partial charge in [-0.1, -0.05) is 61.5 Å². The van der Waals surface area contributed by atoms with E-state index in [1.54, 1.807) is 19.1 Å². The minimum absolute atomic E-state index is 0.0226. The second-order valence-corrected chi connectivity index (χ2v) is 11.5. The highest BCUT2D eigenvalue weighted by Gasteiger charge is 2.43. The number of hydrogen-bond donors (Lipinski definition) is 1. The van der Waals surface area contributed by atoms with Crippen LogP contribution in [0.4, 0.5) is 11.4 Å². The molecule has 0 radical (unpaired) electrons. The first-order valence-corrected chi connectivity index (χ1v) is 15.4. The highest BCUT2D eigenvalue weighted by molar-refractivity contribution is 6.12. The maximum atomic E-state index is 14.6. The number of fused-ring (bicyclic) bond motifs is 1. The van der Waals surface area contributed by atoms with Gasteiger partial charge >= 0.3 is 0 Å². The molecule has 1 aliphatic carbocycles. The number of anilines is 2. The molecule has 7 heteroatoms. The van der Waals surface area contributed by atoms with Gasteiger partial charge in [0.1, 0.15) is 5.75 Å². The monoisotopic (exact) mass is 602 g/mol. The Morgan fingerprint density at radius 1 is 0.867 bits per heavy atom. The van der Waals surface area contributed by atoms with E-state index in [0.29, 0.717) is 40.5 Å². The number of ether oxygens (including phenoxy) is 3. The Bertz CT molecular complexity index is 1750. The van der Waals surface area contributed by atoms with Gasteiger partial charge in [-0.15, -0.1) is 0 Å². The number of Topliss-reactive ketones (excluding diaryl/α,β-unsaturated/α-hetero) is 1. The molecule has 0 saturated heterocycles. The minimum Gasteiger partial charge on any atom is -0.493 e. The molecular weight excluding hydrogens is 564 g/mol. The lowest BCUT2D eigenvalue weighted by atomic mass is 9.78. The molecule has 7 nitrogen and oxygen atoms in total. The zero-order chi connectivity index (χ0) is 31.5. The summed E-state index contributed by atoms with van der Waals surface area (Å²) in [5, 5.41) is 3.62. The number of nitrogens with zero attached hydrogens (tertiary/aromatic N) is 1. The van der Waals surface area contributed by atoms with Crippen molar-refractivity contribution >= 4 is 23.1 Å². The van der Waals surface area contributed by atoms with Gasteiger partial charge in [-0.3, -0.25) is 14.5 Å². The van der Waals surface area contributed by atoms with Gasteiger partial charge in [-0.05, 0) is 73.7 Å². The lowest BCUT2D eigenvalue weighted by molar-refractivity contribution is -0.116. The summed E-state index contributed by atoms with van der Waals surface area (Å²) >= 11 is 0. The van der Waals surface area contributed by atoms with Gasteiger partial charge in [0, 0.05) is 28.8 Å². The normalized spacial score (nSPS) is 18.2. The summed E-state index contributed by atoms with van der Waals surface area (Å²) in [6.45, 7) is 4.10. The van der Waals surface area contributed by atoms with Crippen molar-refractivity contribution in [2.24, 2.45) is 0 Å². The summed E-state index contributed by atoms with van der Waals surface area (Å²) in [7, 11) is 3.22. The summed E-state index contributed by atoms with van der Waals surface area (Å²) in [4.78, 5) is 30.9. The van der Waals surface area contributed by atoms with Crippen LogP contribution in [0.5, 0.6) is 17.2 Å². The Balaban J connectivity index is 1.56. The van der Waals surface area contributed by atoms with Crippen LogP contribution in [0.3, 0.4) is 0 Å². The van der Waals surface area contributed by atoms with Crippen molar-refractivity contribution in [3.8, 4) is 17.2 Å². The van der Waals surface area contributed by atoms with Crippen LogP contribution < -0.4 is 24.4 Å². The number of hydrogen-bond acceptors (Lipinski definition) is 6. The van der Waals surface area contributed by atoms with Gasteiger partial charge in [0.15, 0.2) is 17.3 Å². The first-order valence-electron chi connectivity index (χ1n) is 15.4. The van der Waals surface area contributed by atoms with Crippen LogP contribution in [0.25, 0.3) is 0 Å². The molecule has 4 aromatic carbocycles. The van der Waals surface area contributed by atoms with Crippen LogP contribution in [0.1, 0.15) is 66.6 Å². The second kappa shape index (κ2) is 12.9. The van der Waals surface area contributed by atoms with E-state index in [4.69, 9.17) is 14.2 Å². The Morgan fingerprint density at radius 2 is 1.58 bits per heavy atom. The molecule has 6 rings (SSSR count). The smallest absolute Gasteiger partial charge is 0.259 e. The SMILES string of the molecule is CC[C@H](C)Oc1ccccc1[C@@H]1C2=C(C[C@@H](c3ccc(OC)c(OC)c3)CC2=O)Nc2ccccc2N1C(=O)c1ccccc1. The quantitative estimate of drug-likeness (QED) is 0.220. The molecule has 3 atom stereocenters. The molecule has 45 heavy (non-hydrogen) atoms. The highest BCUT2D eigenvalue weighted by Crippen LogP contribution is 2.50. The third-order valence-corrected chi connectivity index (χ3v) is 8.72. The number of nitrogens with one attached hydrogen (secondary N) is 1. The predicted octanol–water partition coefficient (Wildman–Crippen LogP) is 8.10. The predicted molar refractivity (Wildman–Crippen MR) is 176 cm³/mol. The molecule has 2 aliphatic rings. The molecule has 4 aromatic rings. The van der Waals surface area contributed by atoms with E-state index in [9.17, 15) is 9.59 Å². The van der Waals surface area contributed by atoms with Crippen molar-refractivity contribution in [1.29, 1.82) is 0 Å². The van der Waals surface area contributed by atoms with Gasteiger partial charge in [0.2, 0.25) is 0 Å². The van der Waals surface area contributed by atoms with Crippen LogP contribution in [0, 0.1) is 0 Å². The average Bonchev–Trinajstić information content (AvgIpc) is 3.22. The third-order valence-electron chi connectivity index (χ3n) is 8.72. The maximum absolute atomic E-state index is 14.6. The summed E-state index contributed by atoms with van der Waals surface area (Å²) in [6.07, 6.45) is 1.62. The van der Waals surface area contributed by atoms with Crippen LogP contribution in [0.15, 0.2) is 108 Å². The summed E-state index contributed by atoms with van der Waals surface area (Å²) in [6, 6.07) is 29.8. The fourth-order valence-electron chi connectivity index (χ4n) is 6.28. The van der Waals surface area contributed by atoms with E-state index in [1.807, 2.05) is 104 Å². The second-order valence-electron chi connectivity index (χ2n) is 11.5. The molecule has 1 amide bonds. The first kappa shape index (κ1) is 30.0. The average molecular weight is 603 g/mol. The number of methoxy groups -OCH3 is 2. The summed E-state index contributed by atoms with van der Waals surface area (Å²) in [5.41, 5.74) is 5.12. The van der Waals surface area contributed by atoms with Gasteiger partial charge in [0.05, 0.1) is 37.7 Å². The van der Waals surface area contributed by atoms with Crippen molar-refractivity contribution in [3.05, 3.63) is 125 Å². The molecule has 1 heterocycles. The molecule has 0 saturated carbocycles. The number of para-hydroxylation sites is 3. The lowest BCUT2D eigenvalue weighted by Crippen LogP contribution is -2.38. The lowest BCUT2D eigenvalue weighted by Gasteiger charge is -2.36. The van der Waals surface area contributed by atoms with Crippen molar-refractivity contribution in [2.75, 3.05) is 24.4 Å². The van der Waals surface area contributed by atoms with Gasteiger partial charge in [-0.2, -0.15) is 0 Å². The number of amides is 1. The number of rotatable bonds is 8. The molecule has 230 valence electrons. The maximum Gasteiger partial charge on any atom is 0.259 e. The number of carbonyl (C=O) groups excluding carboxylic acids is 2. The van der Waals surface area contributed by atoms with Gasteiger partial charge in [0.25, 0.3) is 5.91 Å². The summed E-state index contributed by atoms with van der Waals surface area (Å²) in [5.74, 6) is 1.60. The Hall–Kier alpha value is -5.04. The number of ketones is 1. The fourth-order valence-corrected chi connectivity index (χ4v) is 6.28. The van der Waals surface area contributed by atoms with Crippen molar-refractivity contribution in [1.82, 2.24) is 0 Å². The molecule has 0 aromatic heterocycles. The molecule has 0 bridgehead atoms. The van der Waals surface area contributed by atoms with E-state index in [2.05, 4.69) is 12.2 Å². The Labute approximate surface area is 264 Å². The zero-order valence-electron chi connectivity index (χ0n) is 26.1. The molecule has 0 spiro atoms. The van der Waals surface area contributed by atoms with Crippen molar-refractivity contribution in [3.63, 3.8) is 0 Å². The number of benzene rings is 4. The largest absolute Gasteiger partial charge is 0.493 e. The van der Waals surface area contributed by atoms with Gasteiger partial charge in [-0.25, -0.2) is 0 Å². The molecule has 1 N–H and O–H groups in total. The standard InChI is InChI=1S/C38H38N2O5/c1-5-24(2)45-33-18-12-9-15-28(33)37-36-30(21-27(22-32(36)41)26-19-20-34(43-3)35(23-26)44-4)39-29-16-10-11-17-31(29)40(37)38(42)25-13-7-6-8-14-25/h6-20,23-24,27,37,39H,5,21-22H2,1-4H3/t24-,27+,37+/m0/s1. The summed E-state index contributed by atoms with van der Waals surface area (Å²) < 4.78 is 17.5. The molecule has 0 unspecified atom stereocenters. The highest BCUT2D eigenvalue weighted by atomic mass is 16.5. The Kier molecular flexibility index (Phi) is 8.60. The van der Waals surface area contributed by atoms with Crippen LogP contribution in [-0.4, -0.2) is 32.0 Å². The minimum atomic E-state index is -0.719. The Morgan fingerprint density at radius 3 is 2.33 bits per heavy atom. The van der Waals surface area contributed by atoms with Gasteiger partial charge < -0.3 is 19.5 Å². The molecule has 0 fully saturated rings. The fraction of sp³-hybridized carbons (Fsp3) is 0.263. The van der Waals surface area contributed by atoms with E-state index < -0.39 is 6.04 Å². The van der Waals surface area contributed by atoms with Crippen molar-refractivity contribution in [2.45, 2.75) is 51.2 Å².